The predicted octanol–water partition coefficient (Wildman–Crippen LogP) is 6.54. The highest BCUT2D eigenvalue weighted by atomic mass is 35.5. The summed E-state index contributed by atoms with van der Waals surface area (Å²) < 4.78 is 49.1. The summed E-state index contributed by atoms with van der Waals surface area (Å²) in [7, 11) is 1.48. The summed E-state index contributed by atoms with van der Waals surface area (Å²) in [5.41, 5.74) is 0.440. The third kappa shape index (κ3) is 5.41. The molecule has 5 aromatic rings. The zero-order chi connectivity index (χ0) is 27.9. The van der Waals surface area contributed by atoms with E-state index in [-0.39, 0.29) is 22.7 Å². The highest BCUT2D eigenvalue weighted by molar-refractivity contribution is 6.35. The Hall–Kier alpha value is -4.09. The maximum Gasteiger partial charge on any atom is 0.433 e. The highest BCUT2D eigenvalue weighted by Gasteiger charge is 2.36. The van der Waals surface area contributed by atoms with Crippen LogP contribution in [0.3, 0.4) is 0 Å². The molecule has 1 amide bonds. The summed E-state index contributed by atoms with van der Waals surface area (Å²) in [6, 6.07) is 14.0. The second-order valence-corrected chi connectivity index (χ2v) is 9.41. The minimum atomic E-state index is -4.75. The molecule has 0 saturated heterocycles. The van der Waals surface area contributed by atoms with Crippen LogP contribution in [0.2, 0.25) is 10.0 Å². The summed E-state index contributed by atoms with van der Waals surface area (Å²) in [6.07, 6.45) is -3.71. The number of carbonyl (C=O) groups excluding carboxylic acids is 1. The molecule has 0 saturated carbocycles. The monoisotopic (exact) mass is 574 g/mol. The number of anilines is 1. The van der Waals surface area contributed by atoms with Crippen molar-refractivity contribution < 1.29 is 22.7 Å². The first-order chi connectivity index (χ1) is 18.5. The van der Waals surface area contributed by atoms with Crippen LogP contribution >= 0.6 is 23.2 Å². The van der Waals surface area contributed by atoms with Gasteiger partial charge in [0.15, 0.2) is 17.2 Å². The number of nitrogens with zero attached hydrogens (tertiary/aromatic N) is 5. The molecule has 5 rings (SSSR count). The quantitative estimate of drug-likeness (QED) is 0.249. The average Bonchev–Trinajstić information content (AvgIpc) is 3.47. The van der Waals surface area contributed by atoms with E-state index in [1.807, 2.05) is 0 Å². The van der Waals surface area contributed by atoms with Gasteiger partial charge in [-0.2, -0.15) is 23.4 Å². The van der Waals surface area contributed by atoms with Crippen LogP contribution in [0.1, 0.15) is 27.3 Å². The van der Waals surface area contributed by atoms with Gasteiger partial charge in [0.2, 0.25) is 0 Å². The SMILES string of the molecule is COc1ccc(-c2cc(C(F)(F)F)n3ncc(C(=O)Nc4cc(C)n(Cc5ccc(Cl)cc5Cl)n4)c3n2)cc1. The van der Waals surface area contributed by atoms with E-state index in [4.69, 9.17) is 27.9 Å². The lowest BCUT2D eigenvalue weighted by Gasteiger charge is -2.12. The normalized spacial score (nSPS) is 11.7. The van der Waals surface area contributed by atoms with Crippen LogP contribution in [0.25, 0.3) is 16.9 Å². The molecule has 0 spiro atoms. The van der Waals surface area contributed by atoms with Gasteiger partial charge in [0.1, 0.15) is 11.3 Å². The molecule has 1 N–H and O–H groups in total. The van der Waals surface area contributed by atoms with E-state index < -0.39 is 17.8 Å². The maximum absolute atomic E-state index is 13.9. The topological polar surface area (TPSA) is 86.3 Å². The van der Waals surface area contributed by atoms with Gasteiger partial charge in [0, 0.05) is 27.4 Å². The van der Waals surface area contributed by atoms with E-state index in [0.717, 1.165) is 23.5 Å². The Labute approximate surface area is 229 Å². The number of halogens is 5. The van der Waals surface area contributed by atoms with Crippen molar-refractivity contribution >= 4 is 40.6 Å². The van der Waals surface area contributed by atoms with Crippen molar-refractivity contribution in [3.05, 3.63) is 93.4 Å². The lowest BCUT2D eigenvalue weighted by molar-refractivity contribution is -0.142. The van der Waals surface area contributed by atoms with Crippen molar-refractivity contribution in [1.82, 2.24) is 24.4 Å². The fourth-order valence-electron chi connectivity index (χ4n) is 3.96. The highest BCUT2D eigenvalue weighted by Crippen LogP contribution is 2.33. The molecule has 0 aliphatic rings. The van der Waals surface area contributed by atoms with Crippen LogP contribution in [0.4, 0.5) is 19.0 Å². The lowest BCUT2D eigenvalue weighted by Crippen LogP contribution is -2.16. The predicted molar refractivity (Wildman–Crippen MR) is 140 cm³/mol. The molecule has 0 fully saturated rings. The second kappa shape index (κ2) is 10.2. The molecule has 0 atom stereocenters. The molecule has 0 aliphatic carbocycles. The van der Waals surface area contributed by atoms with E-state index in [2.05, 4.69) is 20.5 Å². The largest absolute Gasteiger partial charge is 0.497 e. The van der Waals surface area contributed by atoms with Crippen molar-refractivity contribution in [3.8, 4) is 17.0 Å². The third-order valence-electron chi connectivity index (χ3n) is 5.95. The summed E-state index contributed by atoms with van der Waals surface area (Å²) in [6.45, 7) is 2.11. The van der Waals surface area contributed by atoms with Crippen molar-refractivity contribution in [3.63, 3.8) is 0 Å². The van der Waals surface area contributed by atoms with Gasteiger partial charge in [-0.15, -0.1) is 0 Å². The number of ether oxygens (including phenoxy) is 1. The summed E-state index contributed by atoms with van der Waals surface area (Å²) in [4.78, 5) is 17.5. The van der Waals surface area contributed by atoms with Crippen molar-refractivity contribution in [2.45, 2.75) is 19.6 Å². The Kier molecular flexibility index (Phi) is 6.96. The van der Waals surface area contributed by atoms with Crippen LogP contribution in [0.5, 0.6) is 5.75 Å². The Morgan fingerprint density at radius 3 is 2.49 bits per heavy atom. The Balaban J connectivity index is 1.48. The lowest BCUT2D eigenvalue weighted by atomic mass is 10.1. The first-order valence-corrected chi connectivity index (χ1v) is 12.2. The average molecular weight is 575 g/mol. The van der Waals surface area contributed by atoms with E-state index in [0.29, 0.717) is 32.4 Å². The maximum atomic E-state index is 13.9. The number of methoxy groups -OCH3 is 1. The fourth-order valence-corrected chi connectivity index (χ4v) is 4.43. The summed E-state index contributed by atoms with van der Waals surface area (Å²) in [5, 5.41) is 11.8. The van der Waals surface area contributed by atoms with Crippen LogP contribution < -0.4 is 10.1 Å². The molecule has 0 aliphatic heterocycles. The second-order valence-electron chi connectivity index (χ2n) is 8.57. The first-order valence-electron chi connectivity index (χ1n) is 11.4. The van der Waals surface area contributed by atoms with Crippen molar-refractivity contribution in [2.24, 2.45) is 0 Å². The molecule has 3 heterocycles. The molecule has 0 radical (unpaired) electrons. The molecule has 0 unspecified atom stereocenters. The molecule has 8 nitrogen and oxygen atoms in total. The number of aryl methyl sites for hydroxylation is 1. The van der Waals surface area contributed by atoms with E-state index in [1.165, 1.54) is 7.11 Å². The number of benzene rings is 2. The molecule has 200 valence electrons. The molecule has 13 heteroatoms. The van der Waals surface area contributed by atoms with Crippen LogP contribution in [0, 0.1) is 6.92 Å². The van der Waals surface area contributed by atoms with E-state index >= 15 is 0 Å². The number of alkyl halides is 3. The number of carbonyl (C=O) groups is 1. The number of hydrogen-bond acceptors (Lipinski definition) is 5. The van der Waals surface area contributed by atoms with Crippen LogP contribution in [-0.4, -0.2) is 37.4 Å². The number of hydrogen-bond donors (Lipinski definition) is 1. The first kappa shape index (κ1) is 26.5. The summed E-state index contributed by atoms with van der Waals surface area (Å²) in [5.74, 6) is 0.0179. The molecular weight excluding hydrogens is 556 g/mol. The standard InChI is InChI=1S/C26H19Cl2F3N6O2/c1-14-9-23(35-36(14)13-16-3-6-17(27)10-20(16)28)34-25(38)19-12-32-37-22(26(29,30)31)11-21(33-24(19)37)15-4-7-18(39-2)8-5-15/h3-12H,13H2,1-2H3,(H,34,35,38). The number of amides is 1. The molecular formula is C26H19Cl2F3N6O2. The van der Waals surface area contributed by atoms with Gasteiger partial charge < -0.3 is 10.1 Å². The van der Waals surface area contributed by atoms with Gasteiger partial charge in [-0.05, 0) is 55.0 Å². The molecule has 0 bridgehead atoms. The van der Waals surface area contributed by atoms with Gasteiger partial charge in [0.05, 0.1) is 25.5 Å². The van der Waals surface area contributed by atoms with Gasteiger partial charge in [0.25, 0.3) is 5.91 Å². The van der Waals surface area contributed by atoms with Gasteiger partial charge in [-0.25, -0.2) is 9.50 Å². The van der Waals surface area contributed by atoms with Gasteiger partial charge >= 0.3 is 6.18 Å². The van der Waals surface area contributed by atoms with Gasteiger partial charge in [-0.1, -0.05) is 29.3 Å². The van der Waals surface area contributed by atoms with Crippen LogP contribution in [-0.2, 0) is 12.7 Å². The fraction of sp³-hybridized carbons (Fsp3) is 0.154. The van der Waals surface area contributed by atoms with Crippen LogP contribution in [0.15, 0.2) is 60.8 Å². The summed E-state index contributed by atoms with van der Waals surface area (Å²) >= 11 is 12.2. The minimum absolute atomic E-state index is 0.0204. The Morgan fingerprint density at radius 2 is 1.82 bits per heavy atom. The molecule has 2 aromatic carbocycles. The van der Waals surface area contributed by atoms with Crippen molar-refractivity contribution in [1.29, 1.82) is 0 Å². The van der Waals surface area contributed by atoms with Gasteiger partial charge in [-0.3, -0.25) is 9.48 Å². The zero-order valence-corrected chi connectivity index (χ0v) is 21.9. The number of fused-ring (bicyclic) bond motifs is 1. The van der Waals surface area contributed by atoms with E-state index in [1.54, 1.807) is 60.1 Å². The number of rotatable bonds is 6. The smallest absolute Gasteiger partial charge is 0.433 e. The Morgan fingerprint density at radius 1 is 1.08 bits per heavy atom. The van der Waals surface area contributed by atoms with E-state index in [9.17, 15) is 18.0 Å². The molecule has 3 aromatic heterocycles. The Bertz CT molecular complexity index is 1700. The zero-order valence-electron chi connectivity index (χ0n) is 20.4. The minimum Gasteiger partial charge on any atom is -0.497 e. The number of nitrogens with one attached hydrogen (secondary N) is 1. The number of aromatic nitrogens is 5. The molecule has 39 heavy (non-hydrogen) atoms. The van der Waals surface area contributed by atoms with Crippen molar-refractivity contribution in [2.75, 3.05) is 12.4 Å². The third-order valence-corrected chi connectivity index (χ3v) is 6.54.